The summed E-state index contributed by atoms with van der Waals surface area (Å²) >= 11 is 3.25. The third-order valence-electron chi connectivity index (χ3n) is 2.40. The number of benzene rings is 1. The first kappa shape index (κ1) is 11.4. The van der Waals surface area contributed by atoms with Gasteiger partial charge in [-0.3, -0.25) is 0 Å². The largest absolute Gasteiger partial charge is 0.465 e. The van der Waals surface area contributed by atoms with E-state index in [1.807, 2.05) is 0 Å². The lowest BCUT2D eigenvalue weighted by Crippen LogP contribution is -2.00. The molecule has 1 aromatic carbocycles. The van der Waals surface area contributed by atoms with E-state index in [0.717, 1.165) is 0 Å². The molecule has 0 radical (unpaired) electrons. The van der Waals surface area contributed by atoms with Crippen LogP contribution in [-0.4, -0.2) is 5.11 Å². The molecule has 0 amide bonds. The molecule has 0 spiro atoms. The van der Waals surface area contributed by atoms with Crippen molar-refractivity contribution >= 4 is 15.9 Å². The lowest BCUT2D eigenvalue weighted by atomic mass is 10.1. The van der Waals surface area contributed by atoms with Crippen molar-refractivity contribution in [3.05, 3.63) is 57.7 Å². The summed E-state index contributed by atoms with van der Waals surface area (Å²) in [7, 11) is 0. The van der Waals surface area contributed by atoms with Crippen LogP contribution in [0.4, 0.5) is 4.39 Å². The number of hydrogen-bond acceptors (Lipinski definition) is 2. The first-order valence-corrected chi connectivity index (χ1v) is 5.56. The highest BCUT2D eigenvalue weighted by Crippen LogP contribution is 2.29. The highest BCUT2D eigenvalue weighted by molar-refractivity contribution is 9.10. The van der Waals surface area contributed by atoms with Crippen LogP contribution in [0.1, 0.15) is 23.0 Å². The van der Waals surface area contributed by atoms with Crippen LogP contribution in [-0.2, 0) is 0 Å². The molecule has 2 rings (SSSR count). The third kappa shape index (κ3) is 2.03. The summed E-state index contributed by atoms with van der Waals surface area (Å²) in [6, 6.07) is 6.31. The van der Waals surface area contributed by atoms with E-state index >= 15 is 0 Å². The summed E-state index contributed by atoms with van der Waals surface area (Å²) < 4.78 is 19.1. The fourth-order valence-corrected chi connectivity index (χ4v) is 1.85. The monoisotopic (exact) mass is 284 g/mol. The predicted molar refractivity (Wildman–Crippen MR) is 61.6 cm³/mol. The van der Waals surface area contributed by atoms with Gasteiger partial charge in [0.25, 0.3) is 0 Å². The van der Waals surface area contributed by atoms with E-state index in [2.05, 4.69) is 15.9 Å². The van der Waals surface area contributed by atoms with Crippen molar-refractivity contribution in [1.82, 2.24) is 0 Å². The molecule has 0 aliphatic heterocycles. The third-order valence-corrected chi connectivity index (χ3v) is 3.06. The van der Waals surface area contributed by atoms with Crippen LogP contribution in [0.15, 0.2) is 39.4 Å². The molecule has 0 saturated heterocycles. The number of aryl methyl sites for hydroxylation is 1. The molecule has 2 nitrogen and oxygen atoms in total. The van der Waals surface area contributed by atoms with E-state index in [9.17, 15) is 9.50 Å². The van der Waals surface area contributed by atoms with E-state index < -0.39 is 6.10 Å². The predicted octanol–water partition coefficient (Wildman–Crippen LogP) is 3.57. The Morgan fingerprint density at radius 2 is 2.12 bits per heavy atom. The molecule has 16 heavy (non-hydrogen) atoms. The molecular formula is C12H10BrFO2. The van der Waals surface area contributed by atoms with Gasteiger partial charge >= 0.3 is 0 Å². The maximum absolute atomic E-state index is 13.3. The zero-order valence-corrected chi connectivity index (χ0v) is 10.2. The van der Waals surface area contributed by atoms with Gasteiger partial charge in [-0.15, -0.1) is 0 Å². The lowest BCUT2D eigenvalue weighted by molar-refractivity contribution is 0.188. The summed E-state index contributed by atoms with van der Waals surface area (Å²) in [5, 5.41) is 9.99. The smallest absolute Gasteiger partial charge is 0.150 e. The molecule has 1 heterocycles. The topological polar surface area (TPSA) is 33.4 Å². The van der Waals surface area contributed by atoms with Gasteiger partial charge < -0.3 is 9.52 Å². The molecule has 0 aliphatic carbocycles. The van der Waals surface area contributed by atoms with E-state index in [0.29, 0.717) is 21.4 Å². The summed E-state index contributed by atoms with van der Waals surface area (Å²) in [5.41, 5.74) is 1.02. The number of rotatable bonds is 2. The first-order valence-electron chi connectivity index (χ1n) is 4.76. The number of aliphatic hydroxyl groups is 1. The van der Waals surface area contributed by atoms with E-state index in [1.54, 1.807) is 25.1 Å². The van der Waals surface area contributed by atoms with Crippen molar-refractivity contribution in [2.24, 2.45) is 0 Å². The Hall–Kier alpha value is -1.13. The Labute approximate surface area is 101 Å². The van der Waals surface area contributed by atoms with Crippen molar-refractivity contribution in [2.45, 2.75) is 13.0 Å². The minimum atomic E-state index is -0.959. The number of hydrogen-bond donors (Lipinski definition) is 1. The zero-order valence-electron chi connectivity index (χ0n) is 8.58. The normalized spacial score (nSPS) is 12.8. The second-order valence-corrected chi connectivity index (χ2v) is 4.40. The van der Waals surface area contributed by atoms with Crippen LogP contribution in [0.5, 0.6) is 0 Å². The Morgan fingerprint density at radius 3 is 2.69 bits per heavy atom. The molecule has 1 N–H and O–H groups in total. The standard InChI is InChI=1S/C12H10BrFO2/c1-7-2-3-8(6-10(7)14)11(15)12-9(13)4-5-16-12/h2-6,11,15H,1H3. The van der Waals surface area contributed by atoms with Crippen LogP contribution in [0.25, 0.3) is 0 Å². The molecule has 1 atom stereocenters. The van der Waals surface area contributed by atoms with Crippen LogP contribution < -0.4 is 0 Å². The second kappa shape index (κ2) is 4.39. The molecule has 0 fully saturated rings. The summed E-state index contributed by atoms with van der Waals surface area (Å²) in [5.74, 6) is 0.0440. The van der Waals surface area contributed by atoms with Gasteiger partial charge in [-0.25, -0.2) is 4.39 Å². The van der Waals surface area contributed by atoms with Crippen LogP contribution in [0, 0.1) is 12.7 Å². The van der Waals surface area contributed by atoms with Crippen molar-refractivity contribution in [3.8, 4) is 0 Å². The molecule has 84 valence electrons. The van der Waals surface area contributed by atoms with Crippen LogP contribution in [0.3, 0.4) is 0 Å². The fourth-order valence-electron chi connectivity index (χ4n) is 1.43. The van der Waals surface area contributed by atoms with Gasteiger partial charge in [0.05, 0.1) is 10.7 Å². The highest BCUT2D eigenvalue weighted by atomic mass is 79.9. The minimum absolute atomic E-state index is 0.334. The van der Waals surface area contributed by atoms with E-state index in [4.69, 9.17) is 4.42 Å². The molecule has 0 aliphatic rings. The van der Waals surface area contributed by atoms with Gasteiger partial charge in [-0.1, -0.05) is 12.1 Å². The first-order chi connectivity index (χ1) is 7.59. The average Bonchev–Trinajstić information content (AvgIpc) is 2.67. The summed E-state index contributed by atoms with van der Waals surface area (Å²) in [6.45, 7) is 1.67. The maximum Gasteiger partial charge on any atom is 0.150 e. The van der Waals surface area contributed by atoms with Crippen molar-refractivity contribution in [3.63, 3.8) is 0 Å². The molecule has 0 bridgehead atoms. The number of aliphatic hydroxyl groups excluding tert-OH is 1. The maximum atomic E-state index is 13.3. The Kier molecular flexibility index (Phi) is 3.12. The zero-order chi connectivity index (χ0) is 11.7. The lowest BCUT2D eigenvalue weighted by Gasteiger charge is -2.09. The average molecular weight is 285 g/mol. The summed E-state index contributed by atoms with van der Waals surface area (Å²) in [4.78, 5) is 0. The van der Waals surface area contributed by atoms with Crippen molar-refractivity contribution < 1.29 is 13.9 Å². The quantitative estimate of drug-likeness (QED) is 0.915. The van der Waals surface area contributed by atoms with Gasteiger partial charge in [-0.05, 0) is 46.1 Å². The van der Waals surface area contributed by atoms with Crippen molar-refractivity contribution in [1.29, 1.82) is 0 Å². The van der Waals surface area contributed by atoms with Gasteiger partial charge in [-0.2, -0.15) is 0 Å². The number of furan rings is 1. The second-order valence-electron chi connectivity index (χ2n) is 3.54. The van der Waals surface area contributed by atoms with Gasteiger partial charge in [0, 0.05) is 0 Å². The van der Waals surface area contributed by atoms with E-state index in [1.165, 1.54) is 12.3 Å². The van der Waals surface area contributed by atoms with Gasteiger partial charge in [0.1, 0.15) is 11.9 Å². The van der Waals surface area contributed by atoms with E-state index in [-0.39, 0.29) is 5.82 Å². The molecule has 2 aromatic rings. The Bertz CT molecular complexity index is 507. The van der Waals surface area contributed by atoms with Crippen molar-refractivity contribution in [2.75, 3.05) is 0 Å². The SMILES string of the molecule is Cc1ccc(C(O)c2occc2Br)cc1F. The fraction of sp³-hybridized carbons (Fsp3) is 0.167. The number of halogens is 2. The molecule has 0 saturated carbocycles. The Morgan fingerprint density at radius 1 is 1.38 bits per heavy atom. The Balaban J connectivity index is 2.38. The van der Waals surface area contributed by atoms with Crippen LogP contribution in [0.2, 0.25) is 0 Å². The molecule has 1 unspecified atom stereocenters. The van der Waals surface area contributed by atoms with Crippen LogP contribution >= 0.6 is 15.9 Å². The summed E-state index contributed by atoms with van der Waals surface area (Å²) in [6.07, 6.45) is 0.507. The highest BCUT2D eigenvalue weighted by Gasteiger charge is 2.17. The molecular weight excluding hydrogens is 275 g/mol. The molecule has 4 heteroatoms. The van der Waals surface area contributed by atoms with Gasteiger partial charge in [0.2, 0.25) is 0 Å². The van der Waals surface area contributed by atoms with Gasteiger partial charge in [0.15, 0.2) is 5.76 Å². The minimum Gasteiger partial charge on any atom is -0.465 e. The molecule has 1 aromatic heterocycles.